The van der Waals surface area contributed by atoms with Gasteiger partial charge in [0.05, 0.1) is 0 Å². The number of hydrogen-bond acceptors (Lipinski definition) is 3. The minimum atomic E-state index is 0.237. The third-order valence-corrected chi connectivity index (χ3v) is 4.05. The second-order valence-corrected chi connectivity index (χ2v) is 6.26. The van der Waals surface area contributed by atoms with Gasteiger partial charge in [0.25, 0.3) is 0 Å². The molecule has 1 aliphatic heterocycles. The molecule has 0 aliphatic carbocycles. The Kier molecular flexibility index (Phi) is 4.38. The molecule has 3 nitrogen and oxygen atoms in total. The number of rotatable bonds is 3. The summed E-state index contributed by atoms with van der Waals surface area (Å²) >= 11 is 0. The van der Waals surface area contributed by atoms with Crippen molar-refractivity contribution < 1.29 is 4.74 Å². The van der Waals surface area contributed by atoms with Gasteiger partial charge in [-0.1, -0.05) is 0 Å². The van der Waals surface area contributed by atoms with Gasteiger partial charge in [-0.3, -0.25) is 4.90 Å². The summed E-state index contributed by atoms with van der Waals surface area (Å²) < 4.78 is 5.50. The van der Waals surface area contributed by atoms with Crippen molar-refractivity contribution in [1.82, 2.24) is 9.80 Å². The highest BCUT2D eigenvalue weighted by Crippen LogP contribution is 2.28. The molecular weight excluding hydrogens is 200 g/mol. The van der Waals surface area contributed by atoms with Crippen molar-refractivity contribution in [2.75, 3.05) is 40.9 Å². The van der Waals surface area contributed by atoms with Crippen LogP contribution in [-0.2, 0) is 4.74 Å². The highest BCUT2D eigenvalue weighted by Gasteiger charge is 2.37. The van der Waals surface area contributed by atoms with E-state index in [4.69, 9.17) is 4.74 Å². The van der Waals surface area contributed by atoms with Crippen molar-refractivity contribution in [2.24, 2.45) is 0 Å². The lowest BCUT2D eigenvalue weighted by molar-refractivity contribution is -0.0339. The Bertz CT molecular complexity index is 214. The topological polar surface area (TPSA) is 15.7 Å². The summed E-state index contributed by atoms with van der Waals surface area (Å²) in [5.74, 6) is 0. The summed E-state index contributed by atoms with van der Waals surface area (Å²) in [5, 5.41) is 0. The number of likely N-dealkylation sites (N-methyl/N-ethyl adjacent to an activating group) is 2. The third-order valence-electron chi connectivity index (χ3n) is 4.05. The molecule has 0 saturated carbocycles. The molecule has 0 unspecified atom stereocenters. The smallest absolute Gasteiger partial charge is 0.0484 e. The van der Waals surface area contributed by atoms with Crippen LogP contribution in [0.4, 0.5) is 0 Å². The second-order valence-electron chi connectivity index (χ2n) is 6.26. The van der Waals surface area contributed by atoms with E-state index in [1.807, 2.05) is 0 Å². The number of hydrogen-bond donors (Lipinski definition) is 0. The zero-order valence-corrected chi connectivity index (χ0v) is 11.8. The van der Waals surface area contributed by atoms with Gasteiger partial charge in [0, 0.05) is 30.8 Å². The van der Waals surface area contributed by atoms with Crippen molar-refractivity contribution in [2.45, 2.75) is 44.7 Å². The summed E-state index contributed by atoms with van der Waals surface area (Å²) in [6, 6.07) is 0. The molecule has 0 bridgehead atoms. The maximum Gasteiger partial charge on any atom is 0.0484 e. The second kappa shape index (κ2) is 5.03. The lowest BCUT2D eigenvalue weighted by Crippen LogP contribution is -2.57. The van der Waals surface area contributed by atoms with E-state index in [0.29, 0.717) is 5.54 Å². The lowest BCUT2D eigenvalue weighted by atomic mass is 9.87. The van der Waals surface area contributed by atoms with E-state index in [0.717, 1.165) is 32.6 Å². The Morgan fingerprint density at radius 2 is 1.56 bits per heavy atom. The van der Waals surface area contributed by atoms with Gasteiger partial charge in [0.15, 0.2) is 0 Å². The van der Waals surface area contributed by atoms with Crippen LogP contribution in [0, 0.1) is 0 Å². The quantitative estimate of drug-likeness (QED) is 0.733. The molecule has 1 saturated heterocycles. The predicted molar refractivity (Wildman–Crippen MR) is 68.9 cm³/mol. The first kappa shape index (κ1) is 13.9. The summed E-state index contributed by atoms with van der Waals surface area (Å²) in [6.07, 6.45) is 2.28. The fourth-order valence-electron chi connectivity index (χ4n) is 2.18. The third kappa shape index (κ3) is 3.19. The van der Waals surface area contributed by atoms with E-state index < -0.39 is 0 Å². The van der Waals surface area contributed by atoms with Crippen LogP contribution in [0.25, 0.3) is 0 Å². The molecule has 96 valence electrons. The highest BCUT2D eigenvalue weighted by molar-refractivity contribution is 4.94. The fourth-order valence-corrected chi connectivity index (χ4v) is 2.18. The van der Waals surface area contributed by atoms with Gasteiger partial charge < -0.3 is 9.64 Å². The van der Waals surface area contributed by atoms with E-state index in [2.05, 4.69) is 51.7 Å². The molecule has 16 heavy (non-hydrogen) atoms. The minimum Gasteiger partial charge on any atom is -0.381 e. The fraction of sp³-hybridized carbons (Fsp3) is 1.00. The van der Waals surface area contributed by atoms with E-state index in [1.54, 1.807) is 0 Å². The van der Waals surface area contributed by atoms with Gasteiger partial charge in [0.1, 0.15) is 0 Å². The van der Waals surface area contributed by atoms with Crippen molar-refractivity contribution >= 4 is 0 Å². The first-order valence-corrected chi connectivity index (χ1v) is 6.24. The molecule has 1 aliphatic rings. The zero-order valence-electron chi connectivity index (χ0n) is 11.8. The number of ether oxygens (including phenoxy) is 1. The largest absolute Gasteiger partial charge is 0.381 e. The molecule has 1 fully saturated rings. The Morgan fingerprint density at radius 3 is 1.94 bits per heavy atom. The maximum atomic E-state index is 5.50. The van der Waals surface area contributed by atoms with Crippen LogP contribution < -0.4 is 0 Å². The van der Waals surface area contributed by atoms with Gasteiger partial charge in [0.2, 0.25) is 0 Å². The molecule has 0 aromatic carbocycles. The van der Waals surface area contributed by atoms with Gasteiger partial charge in [-0.15, -0.1) is 0 Å². The van der Waals surface area contributed by atoms with Crippen LogP contribution in [-0.4, -0.2) is 61.8 Å². The molecule has 0 spiro atoms. The molecule has 0 atom stereocenters. The van der Waals surface area contributed by atoms with Crippen LogP contribution in [0.2, 0.25) is 0 Å². The Labute approximate surface area is 101 Å². The summed E-state index contributed by atoms with van der Waals surface area (Å²) in [4.78, 5) is 4.84. The molecule has 0 aromatic rings. The normalized spacial score (nSPS) is 21.8. The minimum absolute atomic E-state index is 0.237. The molecule has 0 amide bonds. The molecule has 3 heteroatoms. The van der Waals surface area contributed by atoms with Gasteiger partial charge in [-0.05, 0) is 54.8 Å². The van der Waals surface area contributed by atoms with Crippen molar-refractivity contribution in [3.63, 3.8) is 0 Å². The van der Waals surface area contributed by atoms with Crippen molar-refractivity contribution in [3.05, 3.63) is 0 Å². The predicted octanol–water partition coefficient (Wildman–Crippen LogP) is 1.83. The molecule has 0 aromatic heterocycles. The lowest BCUT2D eigenvalue weighted by Gasteiger charge is -2.47. The zero-order chi connectivity index (χ0) is 12.4. The molecular formula is C13H28N2O. The van der Waals surface area contributed by atoms with Crippen LogP contribution in [0.5, 0.6) is 0 Å². The monoisotopic (exact) mass is 228 g/mol. The summed E-state index contributed by atoms with van der Waals surface area (Å²) in [5.41, 5.74) is 0.529. The Morgan fingerprint density at radius 1 is 1.06 bits per heavy atom. The van der Waals surface area contributed by atoms with E-state index >= 15 is 0 Å². The SMILES string of the molecule is CN(CC1(N(C)C)CCOCC1)C(C)(C)C. The molecule has 0 N–H and O–H groups in total. The summed E-state index contributed by atoms with van der Waals surface area (Å²) in [6.45, 7) is 9.74. The number of nitrogens with zero attached hydrogens (tertiary/aromatic N) is 2. The van der Waals surface area contributed by atoms with E-state index in [1.165, 1.54) is 0 Å². The maximum absolute atomic E-state index is 5.50. The first-order chi connectivity index (χ1) is 7.28. The highest BCUT2D eigenvalue weighted by atomic mass is 16.5. The van der Waals surface area contributed by atoms with Gasteiger partial charge in [-0.2, -0.15) is 0 Å². The first-order valence-electron chi connectivity index (χ1n) is 6.24. The molecule has 1 rings (SSSR count). The average molecular weight is 228 g/mol. The Hall–Kier alpha value is -0.120. The standard InChI is InChI=1S/C13H28N2O/c1-12(2,3)15(6)11-13(14(4)5)7-9-16-10-8-13/h7-11H2,1-6H3. The van der Waals surface area contributed by atoms with E-state index in [-0.39, 0.29) is 5.54 Å². The van der Waals surface area contributed by atoms with Crippen LogP contribution in [0.15, 0.2) is 0 Å². The molecule has 1 heterocycles. The Balaban J connectivity index is 2.71. The van der Waals surface area contributed by atoms with Crippen LogP contribution >= 0.6 is 0 Å². The van der Waals surface area contributed by atoms with Crippen molar-refractivity contribution in [3.8, 4) is 0 Å². The van der Waals surface area contributed by atoms with Crippen LogP contribution in [0.1, 0.15) is 33.6 Å². The van der Waals surface area contributed by atoms with Crippen LogP contribution in [0.3, 0.4) is 0 Å². The molecule has 0 radical (unpaired) electrons. The summed E-state index contributed by atoms with van der Waals surface area (Å²) in [7, 11) is 6.62. The van der Waals surface area contributed by atoms with E-state index in [9.17, 15) is 0 Å². The van der Waals surface area contributed by atoms with Crippen molar-refractivity contribution in [1.29, 1.82) is 0 Å². The van der Waals surface area contributed by atoms with Gasteiger partial charge >= 0.3 is 0 Å². The average Bonchev–Trinajstić information content (AvgIpc) is 2.17. The van der Waals surface area contributed by atoms with Gasteiger partial charge in [-0.25, -0.2) is 0 Å².